The number of hydrogen-bond acceptors (Lipinski definition) is 2. The van der Waals surface area contributed by atoms with Gasteiger partial charge < -0.3 is 10.6 Å². The molecular formula is C16H12BrF3N2O2. The van der Waals surface area contributed by atoms with Crippen molar-refractivity contribution in [3.05, 3.63) is 69.4 Å². The van der Waals surface area contributed by atoms with Crippen molar-refractivity contribution in [1.82, 2.24) is 10.6 Å². The normalized spacial score (nSPS) is 10.3. The first-order valence-electron chi connectivity index (χ1n) is 6.85. The molecule has 0 spiro atoms. The lowest BCUT2D eigenvalue weighted by Crippen LogP contribution is -2.35. The van der Waals surface area contributed by atoms with Gasteiger partial charge in [-0.3, -0.25) is 9.59 Å². The van der Waals surface area contributed by atoms with Crippen LogP contribution >= 0.6 is 15.9 Å². The zero-order chi connectivity index (χ0) is 17.7. The number of halogens is 4. The number of rotatable bonds is 5. The van der Waals surface area contributed by atoms with Gasteiger partial charge in [0.05, 0.1) is 5.56 Å². The molecule has 2 N–H and O–H groups in total. The number of nitrogens with one attached hydrogen (secondary N) is 2. The topological polar surface area (TPSA) is 58.2 Å². The highest BCUT2D eigenvalue weighted by Crippen LogP contribution is 2.15. The molecule has 0 radical (unpaired) electrons. The second-order valence-corrected chi connectivity index (χ2v) is 5.66. The molecule has 0 aliphatic carbocycles. The van der Waals surface area contributed by atoms with Crippen molar-refractivity contribution >= 4 is 27.7 Å². The van der Waals surface area contributed by atoms with E-state index in [-0.39, 0.29) is 19.0 Å². The summed E-state index contributed by atoms with van der Waals surface area (Å²) in [4.78, 5) is 23.6. The van der Waals surface area contributed by atoms with Gasteiger partial charge in [-0.2, -0.15) is 0 Å². The van der Waals surface area contributed by atoms with Gasteiger partial charge in [-0.15, -0.1) is 0 Å². The molecule has 0 atom stereocenters. The maximum atomic E-state index is 13.5. The van der Waals surface area contributed by atoms with Gasteiger partial charge in [0.25, 0.3) is 11.8 Å². The zero-order valence-electron chi connectivity index (χ0n) is 12.2. The van der Waals surface area contributed by atoms with Crippen molar-refractivity contribution in [2.75, 3.05) is 13.1 Å². The largest absolute Gasteiger partial charge is 0.350 e. The first-order valence-corrected chi connectivity index (χ1v) is 7.65. The lowest BCUT2D eigenvalue weighted by molar-refractivity contribution is 0.0924. The summed E-state index contributed by atoms with van der Waals surface area (Å²) in [5.41, 5.74) is -0.172. The van der Waals surface area contributed by atoms with Gasteiger partial charge in [0.1, 0.15) is 0 Å². The quantitative estimate of drug-likeness (QED) is 0.598. The van der Waals surface area contributed by atoms with Gasteiger partial charge in [0, 0.05) is 23.1 Å². The lowest BCUT2D eigenvalue weighted by Gasteiger charge is -2.08. The Labute approximate surface area is 144 Å². The van der Waals surface area contributed by atoms with Crippen LogP contribution < -0.4 is 10.6 Å². The number of amides is 2. The summed E-state index contributed by atoms with van der Waals surface area (Å²) in [6.07, 6.45) is 0. The molecule has 0 saturated heterocycles. The lowest BCUT2D eigenvalue weighted by atomic mass is 10.2. The van der Waals surface area contributed by atoms with Crippen molar-refractivity contribution in [2.45, 2.75) is 0 Å². The van der Waals surface area contributed by atoms with E-state index in [4.69, 9.17) is 0 Å². The molecule has 4 nitrogen and oxygen atoms in total. The maximum Gasteiger partial charge on any atom is 0.254 e. The number of carbonyl (C=O) groups excluding carboxylic acids is 2. The Morgan fingerprint density at radius 2 is 1.58 bits per heavy atom. The van der Waals surface area contributed by atoms with Crippen molar-refractivity contribution < 1.29 is 22.8 Å². The van der Waals surface area contributed by atoms with Crippen LogP contribution in [-0.2, 0) is 0 Å². The summed E-state index contributed by atoms with van der Waals surface area (Å²) in [6.45, 7) is 0.0827. The molecule has 2 aromatic rings. The highest BCUT2D eigenvalue weighted by molar-refractivity contribution is 9.10. The van der Waals surface area contributed by atoms with Gasteiger partial charge in [-0.25, -0.2) is 13.2 Å². The molecule has 0 unspecified atom stereocenters. The van der Waals surface area contributed by atoms with Gasteiger partial charge in [0.2, 0.25) is 0 Å². The van der Waals surface area contributed by atoms with Crippen LogP contribution in [-0.4, -0.2) is 24.9 Å². The highest BCUT2D eigenvalue weighted by atomic mass is 79.9. The highest BCUT2D eigenvalue weighted by Gasteiger charge is 2.18. The van der Waals surface area contributed by atoms with Crippen LogP contribution in [0, 0.1) is 17.5 Å². The molecule has 24 heavy (non-hydrogen) atoms. The molecule has 2 rings (SSSR count). The molecular weight excluding hydrogens is 389 g/mol. The molecule has 0 saturated carbocycles. The summed E-state index contributed by atoms with van der Waals surface area (Å²) in [7, 11) is 0. The van der Waals surface area contributed by atoms with E-state index in [1.54, 1.807) is 24.3 Å². The SMILES string of the molecule is O=C(NCCNC(=O)c1ccc(F)c(F)c1F)c1cccc(Br)c1. The van der Waals surface area contributed by atoms with Crippen molar-refractivity contribution in [3.8, 4) is 0 Å². The summed E-state index contributed by atoms with van der Waals surface area (Å²) < 4.78 is 40.1. The maximum absolute atomic E-state index is 13.5. The summed E-state index contributed by atoms with van der Waals surface area (Å²) in [5.74, 6) is -5.87. The molecule has 0 fully saturated rings. The average Bonchev–Trinajstić information content (AvgIpc) is 2.56. The molecule has 8 heteroatoms. The molecule has 126 valence electrons. The third kappa shape index (κ3) is 4.35. The fraction of sp³-hybridized carbons (Fsp3) is 0.125. The third-order valence-corrected chi connectivity index (χ3v) is 3.56. The van der Waals surface area contributed by atoms with Gasteiger partial charge >= 0.3 is 0 Å². The fourth-order valence-corrected chi connectivity index (χ4v) is 2.28. The minimum atomic E-state index is -1.70. The van der Waals surface area contributed by atoms with Crippen molar-refractivity contribution in [3.63, 3.8) is 0 Å². The summed E-state index contributed by atoms with van der Waals surface area (Å²) in [5, 5.41) is 4.88. The van der Waals surface area contributed by atoms with Crippen molar-refractivity contribution in [1.29, 1.82) is 0 Å². The minimum absolute atomic E-state index is 0.00296. The van der Waals surface area contributed by atoms with Crippen LogP contribution in [0.25, 0.3) is 0 Å². The number of hydrogen-bond donors (Lipinski definition) is 2. The van der Waals surface area contributed by atoms with Crippen LogP contribution in [0.1, 0.15) is 20.7 Å². The van der Waals surface area contributed by atoms with Gasteiger partial charge in [-0.05, 0) is 30.3 Å². The molecule has 0 aliphatic heterocycles. The smallest absolute Gasteiger partial charge is 0.254 e. The monoisotopic (exact) mass is 400 g/mol. The van der Waals surface area contributed by atoms with E-state index in [0.717, 1.165) is 10.5 Å². The van der Waals surface area contributed by atoms with Gasteiger partial charge in [-0.1, -0.05) is 22.0 Å². The van der Waals surface area contributed by atoms with E-state index in [1.165, 1.54) is 0 Å². The van der Waals surface area contributed by atoms with E-state index >= 15 is 0 Å². The van der Waals surface area contributed by atoms with E-state index in [2.05, 4.69) is 26.6 Å². The van der Waals surface area contributed by atoms with Gasteiger partial charge in [0.15, 0.2) is 17.5 Å². The Balaban J connectivity index is 1.85. The average molecular weight is 401 g/mol. The van der Waals surface area contributed by atoms with E-state index in [1.807, 2.05) is 0 Å². The summed E-state index contributed by atoms with van der Waals surface area (Å²) >= 11 is 3.25. The standard InChI is InChI=1S/C16H12BrF3N2O2/c17-10-3-1-2-9(8-10)15(23)21-6-7-22-16(24)11-4-5-12(18)14(20)13(11)19/h1-5,8H,6-7H2,(H,21,23)(H,22,24). The Bertz CT molecular complexity index is 784. The Morgan fingerprint density at radius 1 is 0.917 bits per heavy atom. The molecule has 0 bridgehead atoms. The first kappa shape index (κ1) is 18.0. The molecule has 0 heterocycles. The molecule has 2 amide bonds. The van der Waals surface area contributed by atoms with E-state index in [9.17, 15) is 22.8 Å². The first-order chi connectivity index (χ1) is 11.4. The third-order valence-electron chi connectivity index (χ3n) is 3.06. The molecule has 0 aromatic heterocycles. The Hall–Kier alpha value is -2.35. The fourth-order valence-electron chi connectivity index (χ4n) is 1.88. The number of benzene rings is 2. The van der Waals surface area contributed by atoms with Crippen molar-refractivity contribution in [2.24, 2.45) is 0 Å². The zero-order valence-corrected chi connectivity index (χ0v) is 13.8. The van der Waals surface area contributed by atoms with E-state index < -0.39 is 28.9 Å². The molecule has 2 aromatic carbocycles. The van der Waals surface area contributed by atoms with Crippen LogP contribution in [0.4, 0.5) is 13.2 Å². The summed E-state index contributed by atoms with van der Waals surface area (Å²) in [6, 6.07) is 8.24. The van der Waals surface area contributed by atoms with E-state index in [0.29, 0.717) is 11.6 Å². The second kappa shape index (κ2) is 7.96. The number of carbonyl (C=O) groups is 2. The Kier molecular flexibility index (Phi) is 5.97. The van der Waals surface area contributed by atoms with Crippen LogP contribution in [0.3, 0.4) is 0 Å². The predicted octanol–water partition coefficient (Wildman–Crippen LogP) is 3.03. The second-order valence-electron chi connectivity index (χ2n) is 4.75. The van der Waals surface area contributed by atoms with Crippen LogP contribution in [0.5, 0.6) is 0 Å². The Morgan fingerprint density at radius 3 is 2.25 bits per heavy atom. The molecule has 0 aliphatic rings. The predicted molar refractivity (Wildman–Crippen MR) is 85.1 cm³/mol. The van der Waals surface area contributed by atoms with Crippen LogP contribution in [0.2, 0.25) is 0 Å². The minimum Gasteiger partial charge on any atom is -0.350 e. The van der Waals surface area contributed by atoms with Crippen LogP contribution in [0.15, 0.2) is 40.9 Å².